The Morgan fingerprint density at radius 2 is 1.64 bits per heavy atom. The third kappa shape index (κ3) is 5.71. The fourth-order valence-electron chi connectivity index (χ4n) is 7.19. The van der Waals surface area contributed by atoms with E-state index in [0.29, 0.717) is 6.42 Å². The van der Waals surface area contributed by atoms with E-state index in [1.165, 1.54) is 39.3 Å². The summed E-state index contributed by atoms with van der Waals surface area (Å²) in [6, 6.07) is 17.7. The number of rotatable bonds is 9. The van der Waals surface area contributed by atoms with Gasteiger partial charge in [-0.05, 0) is 72.6 Å². The summed E-state index contributed by atoms with van der Waals surface area (Å²) < 4.78 is 0. The summed E-state index contributed by atoms with van der Waals surface area (Å²) in [4.78, 5) is 15.8. The van der Waals surface area contributed by atoms with Crippen molar-refractivity contribution in [2.75, 3.05) is 23.4 Å². The van der Waals surface area contributed by atoms with Gasteiger partial charge < -0.3 is 14.9 Å². The van der Waals surface area contributed by atoms with E-state index >= 15 is 0 Å². The number of para-hydroxylation sites is 2. The Morgan fingerprint density at radius 1 is 0.952 bits per heavy atom. The van der Waals surface area contributed by atoms with Gasteiger partial charge in [0.25, 0.3) is 0 Å². The zero-order valence-corrected chi connectivity index (χ0v) is 26.5. The Morgan fingerprint density at radius 3 is 2.36 bits per heavy atom. The molecule has 0 aromatic heterocycles. The molecule has 2 aromatic rings. The molecule has 222 valence electrons. The number of benzene rings is 2. The number of unbranched alkanes of at least 4 members (excludes halogenated alkanes) is 2. The van der Waals surface area contributed by atoms with Gasteiger partial charge >= 0.3 is 5.97 Å². The molecule has 2 heterocycles. The average Bonchev–Trinajstić information content (AvgIpc) is 3.29. The Hall–Kier alpha value is -3.24. The van der Waals surface area contributed by atoms with Gasteiger partial charge in [-0.3, -0.25) is 4.79 Å². The molecule has 42 heavy (non-hydrogen) atoms. The summed E-state index contributed by atoms with van der Waals surface area (Å²) in [6.07, 6.45) is 15.0. The van der Waals surface area contributed by atoms with E-state index in [2.05, 4.69) is 117 Å². The maximum absolute atomic E-state index is 11.0. The molecule has 5 rings (SSSR count). The molecule has 1 N–H and O–H groups in total. The van der Waals surface area contributed by atoms with Crippen molar-refractivity contribution in [3.8, 4) is 0 Å². The average molecular weight is 585 g/mol. The molecule has 1 unspecified atom stereocenters. The standard InChI is InChI=1S/C37H45ClN2O2/c1-36(2)28-16-8-10-18-30(28)39(5)32(36)23-21-26-14-13-15-27(35(26)38)22-24-33-37(3,4)29-17-9-11-19-31(29)40(33)25-12-6-7-20-34(41)42/h8-11,16-19,21-24,32H,6-7,12-15,20,25H2,1-5H3,(H,41,42)/b23-21+,27-22+,33-24+. The number of hydrogen-bond acceptors (Lipinski definition) is 3. The van der Waals surface area contributed by atoms with Gasteiger partial charge in [-0.15, -0.1) is 0 Å². The molecule has 0 saturated carbocycles. The van der Waals surface area contributed by atoms with E-state index in [1.54, 1.807) is 0 Å². The number of likely N-dealkylation sites (N-methyl/N-ethyl adjacent to an activating group) is 1. The van der Waals surface area contributed by atoms with Gasteiger partial charge in [0.2, 0.25) is 0 Å². The van der Waals surface area contributed by atoms with Gasteiger partial charge in [0, 0.05) is 52.9 Å². The van der Waals surface area contributed by atoms with Crippen LogP contribution in [0.25, 0.3) is 0 Å². The normalized spacial score (nSPS) is 22.9. The van der Waals surface area contributed by atoms with Gasteiger partial charge in [-0.1, -0.05) is 100 Å². The summed E-state index contributed by atoms with van der Waals surface area (Å²) in [5.41, 5.74) is 8.87. The topological polar surface area (TPSA) is 43.8 Å². The van der Waals surface area contributed by atoms with E-state index in [4.69, 9.17) is 16.7 Å². The monoisotopic (exact) mass is 584 g/mol. The van der Waals surface area contributed by atoms with Crippen LogP contribution in [0.3, 0.4) is 0 Å². The molecular weight excluding hydrogens is 540 g/mol. The predicted molar refractivity (Wildman–Crippen MR) is 177 cm³/mol. The van der Waals surface area contributed by atoms with E-state index in [9.17, 15) is 4.79 Å². The number of halogens is 1. The Labute approximate surface area is 257 Å². The van der Waals surface area contributed by atoms with Crippen LogP contribution in [0.4, 0.5) is 11.4 Å². The number of carboxylic acid groups (broad SMARTS) is 1. The van der Waals surface area contributed by atoms with Gasteiger partial charge in [0.05, 0.1) is 6.04 Å². The van der Waals surface area contributed by atoms with E-state index < -0.39 is 5.97 Å². The largest absolute Gasteiger partial charge is 0.481 e. The number of nitrogens with zero attached hydrogens (tertiary/aromatic N) is 2. The van der Waals surface area contributed by atoms with Crippen molar-refractivity contribution in [3.05, 3.63) is 106 Å². The minimum atomic E-state index is -0.717. The van der Waals surface area contributed by atoms with Crippen LogP contribution >= 0.6 is 11.6 Å². The van der Waals surface area contributed by atoms with Crippen LogP contribution in [0, 0.1) is 0 Å². The second-order valence-corrected chi connectivity index (χ2v) is 13.5. The van der Waals surface area contributed by atoms with Crippen LogP contribution in [0.5, 0.6) is 0 Å². The Bertz CT molecular complexity index is 1460. The first-order chi connectivity index (χ1) is 20.0. The molecule has 0 saturated heterocycles. The fraction of sp³-hybridized carbons (Fsp3) is 0.432. The molecule has 0 radical (unpaired) electrons. The van der Waals surface area contributed by atoms with Crippen molar-refractivity contribution in [2.24, 2.45) is 0 Å². The number of hydrogen-bond donors (Lipinski definition) is 1. The van der Waals surface area contributed by atoms with Crippen molar-refractivity contribution in [3.63, 3.8) is 0 Å². The third-order valence-corrected chi connectivity index (χ3v) is 10.1. The maximum Gasteiger partial charge on any atom is 0.303 e. The first-order valence-corrected chi connectivity index (χ1v) is 15.8. The van der Waals surface area contributed by atoms with Gasteiger partial charge in [-0.2, -0.15) is 0 Å². The van der Waals surface area contributed by atoms with Gasteiger partial charge in [-0.25, -0.2) is 0 Å². The minimum Gasteiger partial charge on any atom is -0.481 e. The van der Waals surface area contributed by atoms with E-state index in [1.807, 2.05) is 0 Å². The number of carbonyl (C=O) groups is 1. The van der Waals surface area contributed by atoms with Crippen LogP contribution in [-0.2, 0) is 15.6 Å². The summed E-state index contributed by atoms with van der Waals surface area (Å²) in [5, 5.41) is 9.90. The molecule has 1 atom stereocenters. The lowest BCUT2D eigenvalue weighted by Crippen LogP contribution is -2.37. The zero-order chi connectivity index (χ0) is 30.1. The predicted octanol–water partition coefficient (Wildman–Crippen LogP) is 9.27. The molecule has 4 nitrogen and oxygen atoms in total. The van der Waals surface area contributed by atoms with Crippen molar-refractivity contribution in [1.82, 2.24) is 0 Å². The van der Waals surface area contributed by atoms with Crippen molar-refractivity contribution in [2.45, 2.75) is 89.5 Å². The Balaban J connectivity index is 1.39. The van der Waals surface area contributed by atoms with Gasteiger partial charge in [0.1, 0.15) is 0 Å². The number of allylic oxidation sites excluding steroid dienone is 7. The van der Waals surface area contributed by atoms with Crippen LogP contribution in [-0.4, -0.2) is 30.7 Å². The SMILES string of the molecule is CN1c2ccccc2C(C)(C)C1/C=C/C1=C(Cl)C(=C/C=C2/N(CCCCCC(=O)O)c3ccccc3C2(C)C)/CCC1. The molecule has 2 aromatic carbocycles. The highest BCUT2D eigenvalue weighted by Gasteiger charge is 2.41. The maximum atomic E-state index is 11.0. The molecule has 0 fully saturated rings. The molecule has 0 amide bonds. The van der Waals surface area contributed by atoms with Crippen LogP contribution < -0.4 is 9.80 Å². The lowest BCUT2D eigenvalue weighted by atomic mass is 9.80. The van der Waals surface area contributed by atoms with Crippen LogP contribution in [0.15, 0.2) is 94.7 Å². The van der Waals surface area contributed by atoms with Gasteiger partial charge in [0.15, 0.2) is 0 Å². The first-order valence-electron chi connectivity index (χ1n) is 15.4. The number of fused-ring (bicyclic) bond motifs is 2. The molecule has 0 bridgehead atoms. The highest BCUT2D eigenvalue weighted by molar-refractivity contribution is 6.32. The highest BCUT2D eigenvalue weighted by atomic mass is 35.5. The minimum absolute atomic E-state index is 0.0206. The number of carboxylic acids is 1. The van der Waals surface area contributed by atoms with E-state index in [-0.39, 0.29) is 23.3 Å². The van der Waals surface area contributed by atoms with Crippen LogP contribution in [0.2, 0.25) is 0 Å². The fourth-order valence-corrected chi connectivity index (χ4v) is 7.50. The number of anilines is 2. The second-order valence-electron chi connectivity index (χ2n) is 13.1. The number of aliphatic carboxylic acids is 1. The molecule has 0 spiro atoms. The van der Waals surface area contributed by atoms with Crippen molar-refractivity contribution in [1.29, 1.82) is 0 Å². The first kappa shape index (κ1) is 30.2. The second kappa shape index (κ2) is 12.2. The summed E-state index contributed by atoms with van der Waals surface area (Å²) in [6.45, 7) is 10.1. The molecule has 1 aliphatic carbocycles. The summed E-state index contributed by atoms with van der Waals surface area (Å²) in [7, 11) is 2.19. The highest BCUT2D eigenvalue weighted by Crippen LogP contribution is 2.48. The molecular formula is C37H45ClN2O2. The van der Waals surface area contributed by atoms with Crippen molar-refractivity contribution >= 4 is 28.9 Å². The lowest BCUT2D eigenvalue weighted by Gasteiger charge is -2.30. The quantitative estimate of drug-likeness (QED) is 0.298. The van der Waals surface area contributed by atoms with Crippen LogP contribution in [0.1, 0.15) is 83.8 Å². The Kier molecular flexibility index (Phi) is 8.76. The lowest BCUT2D eigenvalue weighted by molar-refractivity contribution is -0.137. The molecule has 5 heteroatoms. The van der Waals surface area contributed by atoms with E-state index in [0.717, 1.165) is 43.7 Å². The summed E-state index contributed by atoms with van der Waals surface area (Å²) in [5.74, 6) is -0.717. The third-order valence-electron chi connectivity index (χ3n) is 9.58. The summed E-state index contributed by atoms with van der Waals surface area (Å²) >= 11 is 7.11. The smallest absolute Gasteiger partial charge is 0.303 e. The molecule has 3 aliphatic rings. The zero-order valence-electron chi connectivity index (χ0n) is 25.8. The molecule has 2 aliphatic heterocycles. The van der Waals surface area contributed by atoms with Crippen molar-refractivity contribution < 1.29 is 9.90 Å².